The molecule has 1 aliphatic carbocycles. The third-order valence-electron chi connectivity index (χ3n) is 7.71. The number of halogens is 1. The second-order valence-corrected chi connectivity index (χ2v) is 10.5. The summed E-state index contributed by atoms with van der Waals surface area (Å²) in [6.07, 6.45) is 3.67. The van der Waals surface area contributed by atoms with Gasteiger partial charge in [-0.3, -0.25) is 9.59 Å². The van der Waals surface area contributed by atoms with E-state index >= 15 is 0 Å². The van der Waals surface area contributed by atoms with Crippen molar-refractivity contribution in [3.63, 3.8) is 0 Å². The Morgan fingerprint density at radius 2 is 1.76 bits per heavy atom. The van der Waals surface area contributed by atoms with Gasteiger partial charge in [-0.15, -0.1) is 0 Å². The normalized spacial score (nSPS) is 17.6. The van der Waals surface area contributed by atoms with Crippen molar-refractivity contribution in [1.29, 1.82) is 0 Å². The summed E-state index contributed by atoms with van der Waals surface area (Å²) in [5, 5.41) is 9.05. The molecule has 1 amide bonds. The van der Waals surface area contributed by atoms with Crippen LogP contribution < -0.4 is 10.9 Å². The Balaban J connectivity index is 1.21. The van der Waals surface area contributed by atoms with Gasteiger partial charge in [-0.25, -0.2) is 0 Å². The lowest BCUT2D eigenvalue weighted by atomic mass is 9.85. The van der Waals surface area contributed by atoms with E-state index in [0.29, 0.717) is 33.8 Å². The van der Waals surface area contributed by atoms with E-state index in [2.05, 4.69) is 22.6 Å². The molecule has 7 heteroatoms. The standard InChI is InChI=1S/C31H28ClN3O3/c1-19-27-29(34-38-19)28-25(32)11-6-12-26(28)35(31(27)37)24-10-5-7-20(17-24)18-33-30(36)23-15-13-22(14-16-23)21-8-3-2-4-9-21/h2-4,6,8-9,11-16,20,24H,5,7,10,17-18H2,1H3,(H,33,36)/t20-,24+/m0/s1. The van der Waals surface area contributed by atoms with Crippen molar-refractivity contribution in [3.05, 3.63) is 99.5 Å². The Kier molecular flexibility index (Phi) is 6.50. The lowest BCUT2D eigenvalue weighted by Gasteiger charge is -2.31. The molecule has 0 unspecified atom stereocenters. The molecule has 0 aliphatic heterocycles. The van der Waals surface area contributed by atoms with Crippen LogP contribution in [0.15, 0.2) is 82.1 Å². The average molecular weight is 526 g/mol. The highest BCUT2D eigenvalue weighted by Gasteiger charge is 2.28. The van der Waals surface area contributed by atoms with Crippen LogP contribution in [0.2, 0.25) is 5.02 Å². The lowest BCUT2D eigenvalue weighted by molar-refractivity contribution is 0.0940. The van der Waals surface area contributed by atoms with Crippen molar-refractivity contribution < 1.29 is 9.32 Å². The fourth-order valence-corrected chi connectivity index (χ4v) is 6.06. The minimum atomic E-state index is -0.0956. The van der Waals surface area contributed by atoms with Gasteiger partial charge < -0.3 is 14.4 Å². The summed E-state index contributed by atoms with van der Waals surface area (Å²) in [6.45, 7) is 2.33. The van der Waals surface area contributed by atoms with Gasteiger partial charge >= 0.3 is 0 Å². The summed E-state index contributed by atoms with van der Waals surface area (Å²) >= 11 is 6.58. The van der Waals surface area contributed by atoms with Crippen LogP contribution in [0, 0.1) is 12.8 Å². The molecule has 1 saturated carbocycles. The summed E-state index contributed by atoms with van der Waals surface area (Å²) in [5.74, 6) is 0.683. The largest absolute Gasteiger partial charge is 0.360 e. The first kappa shape index (κ1) is 24.4. The number of nitrogens with zero attached hydrogens (tertiary/aromatic N) is 2. The molecule has 1 fully saturated rings. The number of carbonyl (C=O) groups is 1. The zero-order valence-electron chi connectivity index (χ0n) is 21.1. The number of nitrogens with one attached hydrogen (secondary N) is 1. The van der Waals surface area contributed by atoms with Crippen LogP contribution >= 0.6 is 11.6 Å². The number of amides is 1. The summed E-state index contributed by atoms with van der Waals surface area (Å²) in [5.41, 5.74) is 4.04. The van der Waals surface area contributed by atoms with E-state index in [4.69, 9.17) is 16.1 Å². The molecule has 2 atom stereocenters. The highest BCUT2D eigenvalue weighted by molar-refractivity contribution is 6.37. The molecule has 1 aliphatic rings. The van der Waals surface area contributed by atoms with Crippen molar-refractivity contribution in [1.82, 2.24) is 15.0 Å². The van der Waals surface area contributed by atoms with Gasteiger partial charge in [-0.1, -0.05) is 71.7 Å². The van der Waals surface area contributed by atoms with Crippen molar-refractivity contribution in [2.75, 3.05) is 6.54 Å². The molecule has 38 heavy (non-hydrogen) atoms. The van der Waals surface area contributed by atoms with Gasteiger partial charge in [0, 0.05) is 23.5 Å². The third kappa shape index (κ3) is 4.39. The molecule has 0 saturated heterocycles. The zero-order valence-corrected chi connectivity index (χ0v) is 21.9. The van der Waals surface area contributed by atoms with Gasteiger partial charge in [0.05, 0.1) is 10.5 Å². The minimum Gasteiger partial charge on any atom is -0.360 e. The van der Waals surface area contributed by atoms with Gasteiger partial charge in [0.25, 0.3) is 11.5 Å². The maximum absolute atomic E-state index is 13.7. The lowest BCUT2D eigenvalue weighted by Crippen LogP contribution is -2.34. The second-order valence-electron chi connectivity index (χ2n) is 10.1. The molecule has 1 N–H and O–H groups in total. The average Bonchev–Trinajstić information content (AvgIpc) is 3.34. The SMILES string of the molecule is Cc1onc2c1c(=O)n([C@@H]1CCC[C@H](CNC(=O)c3ccc(-c4ccccc4)cc3)C1)c1cccc(Cl)c21. The number of aromatic nitrogens is 2. The van der Waals surface area contributed by atoms with Crippen molar-refractivity contribution in [3.8, 4) is 11.1 Å². The van der Waals surface area contributed by atoms with E-state index in [9.17, 15) is 9.59 Å². The first-order valence-electron chi connectivity index (χ1n) is 13.0. The number of fused-ring (bicyclic) bond motifs is 3. The number of carbonyl (C=O) groups excluding carboxylic acids is 1. The molecule has 0 bridgehead atoms. The van der Waals surface area contributed by atoms with Gasteiger partial charge in [-0.05, 0) is 67.5 Å². The Morgan fingerprint density at radius 3 is 2.55 bits per heavy atom. The number of benzene rings is 3. The number of rotatable bonds is 5. The van der Waals surface area contributed by atoms with E-state index in [-0.39, 0.29) is 23.4 Å². The topological polar surface area (TPSA) is 77.1 Å². The van der Waals surface area contributed by atoms with E-state index in [1.807, 2.05) is 65.2 Å². The predicted octanol–water partition coefficient (Wildman–Crippen LogP) is 6.93. The molecule has 192 valence electrons. The summed E-state index contributed by atoms with van der Waals surface area (Å²) in [6, 6.07) is 23.4. The zero-order chi connectivity index (χ0) is 26.2. The van der Waals surface area contributed by atoms with Crippen LogP contribution in [0.3, 0.4) is 0 Å². The molecule has 6 rings (SSSR count). The maximum atomic E-state index is 13.7. The molecule has 3 aromatic carbocycles. The first-order valence-corrected chi connectivity index (χ1v) is 13.4. The molecule has 2 aromatic heterocycles. The summed E-state index contributed by atoms with van der Waals surface area (Å²) in [7, 11) is 0. The molecular weight excluding hydrogens is 498 g/mol. The minimum absolute atomic E-state index is 0.00275. The fraction of sp³-hybridized carbons (Fsp3) is 0.258. The highest BCUT2D eigenvalue weighted by atomic mass is 35.5. The van der Waals surface area contributed by atoms with E-state index < -0.39 is 0 Å². The van der Waals surface area contributed by atoms with Gasteiger partial charge in [0.1, 0.15) is 16.7 Å². The highest BCUT2D eigenvalue weighted by Crippen LogP contribution is 2.37. The number of pyridine rings is 1. The van der Waals surface area contributed by atoms with Gasteiger partial charge in [0.15, 0.2) is 0 Å². The fourth-order valence-electron chi connectivity index (χ4n) is 5.80. The smallest absolute Gasteiger partial charge is 0.264 e. The number of hydrogen-bond donors (Lipinski definition) is 1. The second kappa shape index (κ2) is 10.1. The van der Waals surface area contributed by atoms with E-state index in [1.54, 1.807) is 6.92 Å². The Bertz CT molecular complexity index is 1690. The van der Waals surface area contributed by atoms with Gasteiger partial charge in [0.2, 0.25) is 0 Å². The van der Waals surface area contributed by atoms with E-state index in [0.717, 1.165) is 47.7 Å². The molecule has 6 nitrogen and oxygen atoms in total. The molecule has 0 spiro atoms. The van der Waals surface area contributed by atoms with Gasteiger partial charge in [-0.2, -0.15) is 0 Å². The number of aryl methyl sites for hydroxylation is 1. The van der Waals surface area contributed by atoms with Crippen LogP contribution in [0.4, 0.5) is 0 Å². The predicted molar refractivity (Wildman–Crippen MR) is 151 cm³/mol. The monoisotopic (exact) mass is 525 g/mol. The van der Waals surface area contributed by atoms with Crippen LogP contribution in [-0.4, -0.2) is 22.2 Å². The maximum Gasteiger partial charge on any atom is 0.264 e. The summed E-state index contributed by atoms with van der Waals surface area (Å²) in [4.78, 5) is 26.6. The Labute approximate surface area is 225 Å². The van der Waals surface area contributed by atoms with Crippen molar-refractivity contribution >= 4 is 39.3 Å². The molecule has 0 radical (unpaired) electrons. The Morgan fingerprint density at radius 1 is 1.00 bits per heavy atom. The third-order valence-corrected chi connectivity index (χ3v) is 8.02. The van der Waals surface area contributed by atoms with Crippen LogP contribution in [-0.2, 0) is 0 Å². The Hall–Kier alpha value is -3.90. The summed E-state index contributed by atoms with van der Waals surface area (Å²) < 4.78 is 7.27. The first-order chi connectivity index (χ1) is 18.5. The van der Waals surface area contributed by atoms with E-state index in [1.165, 1.54) is 0 Å². The number of hydrogen-bond acceptors (Lipinski definition) is 4. The van der Waals surface area contributed by atoms with Crippen LogP contribution in [0.1, 0.15) is 47.8 Å². The van der Waals surface area contributed by atoms with Crippen LogP contribution in [0.5, 0.6) is 0 Å². The molecule has 2 heterocycles. The van der Waals surface area contributed by atoms with Crippen molar-refractivity contribution in [2.24, 2.45) is 5.92 Å². The molecular formula is C31H28ClN3O3. The molecule has 5 aromatic rings. The van der Waals surface area contributed by atoms with Crippen LogP contribution in [0.25, 0.3) is 32.9 Å². The van der Waals surface area contributed by atoms with Crippen molar-refractivity contribution in [2.45, 2.75) is 38.6 Å². The quantitative estimate of drug-likeness (QED) is 0.270.